The van der Waals surface area contributed by atoms with Crippen LogP contribution in [0, 0.1) is 0 Å². The number of carbonyl (C=O) groups excluding carboxylic acids is 1. The van der Waals surface area contributed by atoms with Crippen molar-refractivity contribution in [3.63, 3.8) is 0 Å². The predicted octanol–water partition coefficient (Wildman–Crippen LogP) is 5.08. The van der Waals surface area contributed by atoms with Gasteiger partial charge in [0.15, 0.2) is 0 Å². The molecule has 3 rings (SSSR count). The van der Waals surface area contributed by atoms with Crippen LogP contribution in [-0.2, 0) is 0 Å². The molecule has 1 aliphatic rings. The van der Waals surface area contributed by atoms with E-state index in [9.17, 15) is 4.79 Å². The van der Waals surface area contributed by atoms with Crippen LogP contribution in [0.25, 0.3) is 0 Å². The standard InChI is InChI=1S/C17H15BrClNO/c18-14-11-13(8-9-15(14)19)17(21)20-10-4-7-16(20)12-5-2-1-3-6-12/h1-3,5-6,8-9,11,16H,4,7,10H2. The second-order valence-corrected chi connectivity index (χ2v) is 6.46. The van der Waals surface area contributed by atoms with E-state index in [4.69, 9.17) is 11.6 Å². The average Bonchev–Trinajstić information content (AvgIpc) is 2.99. The molecule has 1 saturated heterocycles. The third-order valence-corrected chi connectivity index (χ3v) is 5.08. The van der Waals surface area contributed by atoms with Crippen molar-refractivity contribution in [1.29, 1.82) is 0 Å². The molecule has 1 unspecified atom stereocenters. The molecule has 0 radical (unpaired) electrons. The zero-order chi connectivity index (χ0) is 14.8. The Bertz CT molecular complexity index is 659. The lowest BCUT2D eigenvalue weighted by Crippen LogP contribution is -2.30. The lowest BCUT2D eigenvalue weighted by Gasteiger charge is -2.25. The maximum Gasteiger partial charge on any atom is 0.254 e. The van der Waals surface area contributed by atoms with Gasteiger partial charge < -0.3 is 4.90 Å². The molecule has 0 aliphatic carbocycles. The van der Waals surface area contributed by atoms with E-state index in [0.29, 0.717) is 10.6 Å². The van der Waals surface area contributed by atoms with Gasteiger partial charge in [0.1, 0.15) is 0 Å². The van der Waals surface area contributed by atoms with E-state index in [1.807, 2.05) is 23.1 Å². The molecule has 1 amide bonds. The number of amides is 1. The summed E-state index contributed by atoms with van der Waals surface area (Å²) in [6, 6.07) is 15.7. The molecule has 4 heteroatoms. The highest BCUT2D eigenvalue weighted by atomic mass is 79.9. The van der Waals surface area contributed by atoms with Gasteiger partial charge in [-0.1, -0.05) is 41.9 Å². The minimum Gasteiger partial charge on any atom is -0.332 e. The lowest BCUT2D eigenvalue weighted by molar-refractivity contribution is 0.0735. The Labute approximate surface area is 137 Å². The molecule has 21 heavy (non-hydrogen) atoms. The predicted molar refractivity (Wildman–Crippen MR) is 88.6 cm³/mol. The van der Waals surface area contributed by atoms with Crippen molar-refractivity contribution in [3.8, 4) is 0 Å². The Kier molecular flexibility index (Phi) is 4.32. The summed E-state index contributed by atoms with van der Waals surface area (Å²) in [6.45, 7) is 0.804. The fourth-order valence-electron chi connectivity index (χ4n) is 2.83. The SMILES string of the molecule is O=C(c1ccc(Cl)c(Br)c1)N1CCCC1c1ccccc1. The number of hydrogen-bond donors (Lipinski definition) is 0. The van der Waals surface area contributed by atoms with Gasteiger partial charge in [-0.05, 0) is 52.5 Å². The fourth-order valence-corrected chi connectivity index (χ4v) is 3.32. The zero-order valence-corrected chi connectivity index (χ0v) is 13.8. The second-order valence-electron chi connectivity index (χ2n) is 5.20. The molecule has 1 fully saturated rings. The van der Waals surface area contributed by atoms with Crippen molar-refractivity contribution in [2.45, 2.75) is 18.9 Å². The molecule has 2 aromatic carbocycles. The summed E-state index contributed by atoms with van der Waals surface area (Å²) in [6.07, 6.45) is 2.06. The van der Waals surface area contributed by atoms with Gasteiger partial charge in [-0.25, -0.2) is 0 Å². The first kappa shape index (κ1) is 14.6. The number of benzene rings is 2. The Morgan fingerprint density at radius 3 is 2.67 bits per heavy atom. The van der Waals surface area contributed by atoms with E-state index in [1.54, 1.807) is 18.2 Å². The first-order valence-corrected chi connectivity index (χ1v) is 8.15. The van der Waals surface area contributed by atoms with E-state index < -0.39 is 0 Å². The molecule has 0 N–H and O–H groups in total. The van der Waals surface area contributed by atoms with Crippen molar-refractivity contribution in [3.05, 3.63) is 69.2 Å². The molecule has 0 bridgehead atoms. The summed E-state index contributed by atoms with van der Waals surface area (Å²) in [4.78, 5) is 14.7. The quantitative estimate of drug-likeness (QED) is 0.727. The molecule has 108 valence electrons. The number of rotatable bonds is 2. The van der Waals surface area contributed by atoms with Crippen molar-refractivity contribution >= 4 is 33.4 Å². The third kappa shape index (κ3) is 2.99. The van der Waals surface area contributed by atoms with E-state index >= 15 is 0 Å². The summed E-state index contributed by atoms with van der Waals surface area (Å²) in [5.74, 6) is 0.0683. The van der Waals surface area contributed by atoms with E-state index in [2.05, 4.69) is 28.1 Å². The number of hydrogen-bond acceptors (Lipinski definition) is 1. The van der Waals surface area contributed by atoms with E-state index in [-0.39, 0.29) is 11.9 Å². The first-order valence-electron chi connectivity index (χ1n) is 6.98. The molecule has 2 aromatic rings. The summed E-state index contributed by atoms with van der Waals surface area (Å²) in [5.41, 5.74) is 1.88. The highest BCUT2D eigenvalue weighted by molar-refractivity contribution is 9.10. The minimum atomic E-state index is 0.0683. The van der Waals surface area contributed by atoms with Gasteiger partial charge in [-0.15, -0.1) is 0 Å². The highest BCUT2D eigenvalue weighted by Crippen LogP contribution is 2.33. The van der Waals surface area contributed by atoms with Crippen molar-refractivity contribution < 1.29 is 4.79 Å². The van der Waals surface area contributed by atoms with Crippen LogP contribution in [0.3, 0.4) is 0 Å². The van der Waals surface area contributed by atoms with Gasteiger partial charge >= 0.3 is 0 Å². The summed E-state index contributed by atoms with van der Waals surface area (Å²) >= 11 is 9.38. The summed E-state index contributed by atoms with van der Waals surface area (Å²) in [7, 11) is 0. The Balaban J connectivity index is 1.88. The van der Waals surface area contributed by atoms with Crippen LogP contribution < -0.4 is 0 Å². The van der Waals surface area contributed by atoms with Crippen LogP contribution in [0.15, 0.2) is 53.0 Å². The van der Waals surface area contributed by atoms with Crippen LogP contribution in [0.1, 0.15) is 34.8 Å². The van der Waals surface area contributed by atoms with Crippen LogP contribution >= 0.6 is 27.5 Å². The Morgan fingerprint density at radius 2 is 1.95 bits per heavy atom. The molecular formula is C17H15BrClNO. The molecule has 0 aromatic heterocycles. The molecular weight excluding hydrogens is 350 g/mol. The molecule has 2 nitrogen and oxygen atoms in total. The Hall–Kier alpha value is -1.32. The number of likely N-dealkylation sites (tertiary alicyclic amines) is 1. The zero-order valence-electron chi connectivity index (χ0n) is 11.4. The van der Waals surface area contributed by atoms with Gasteiger partial charge in [0, 0.05) is 16.6 Å². The monoisotopic (exact) mass is 363 g/mol. The lowest BCUT2D eigenvalue weighted by atomic mass is 10.0. The molecule has 1 heterocycles. The maximum atomic E-state index is 12.8. The Morgan fingerprint density at radius 1 is 1.19 bits per heavy atom. The van der Waals surface area contributed by atoms with Crippen molar-refractivity contribution in [1.82, 2.24) is 4.90 Å². The number of halogens is 2. The van der Waals surface area contributed by atoms with E-state index in [1.165, 1.54) is 5.56 Å². The molecule has 1 aliphatic heterocycles. The first-order chi connectivity index (χ1) is 10.2. The third-order valence-electron chi connectivity index (χ3n) is 3.86. The maximum absolute atomic E-state index is 12.8. The average molecular weight is 365 g/mol. The van der Waals surface area contributed by atoms with Crippen LogP contribution in [0.5, 0.6) is 0 Å². The van der Waals surface area contributed by atoms with Gasteiger partial charge in [0.25, 0.3) is 5.91 Å². The fraction of sp³-hybridized carbons (Fsp3) is 0.235. The normalized spacial score (nSPS) is 18.0. The minimum absolute atomic E-state index is 0.0683. The van der Waals surface area contributed by atoms with Crippen molar-refractivity contribution in [2.75, 3.05) is 6.54 Å². The second kappa shape index (κ2) is 6.20. The van der Waals surface area contributed by atoms with Gasteiger partial charge in [0.05, 0.1) is 11.1 Å². The van der Waals surface area contributed by atoms with Crippen LogP contribution in [0.2, 0.25) is 5.02 Å². The van der Waals surface area contributed by atoms with Crippen LogP contribution in [0.4, 0.5) is 0 Å². The summed E-state index contributed by atoms with van der Waals surface area (Å²) in [5, 5.41) is 0.618. The highest BCUT2D eigenvalue weighted by Gasteiger charge is 2.30. The summed E-state index contributed by atoms with van der Waals surface area (Å²) < 4.78 is 0.755. The topological polar surface area (TPSA) is 20.3 Å². The van der Waals surface area contributed by atoms with Gasteiger partial charge in [-0.3, -0.25) is 4.79 Å². The molecule has 0 saturated carbocycles. The smallest absolute Gasteiger partial charge is 0.254 e. The van der Waals surface area contributed by atoms with Crippen LogP contribution in [-0.4, -0.2) is 17.4 Å². The largest absolute Gasteiger partial charge is 0.332 e. The molecule has 1 atom stereocenters. The van der Waals surface area contributed by atoms with E-state index in [0.717, 1.165) is 23.9 Å². The molecule has 0 spiro atoms. The number of nitrogens with zero attached hydrogens (tertiary/aromatic N) is 1. The van der Waals surface area contributed by atoms with Gasteiger partial charge in [-0.2, -0.15) is 0 Å². The van der Waals surface area contributed by atoms with Gasteiger partial charge in [0.2, 0.25) is 0 Å². The number of carbonyl (C=O) groups is 1. The van der Waals surface area contributed by atoms with Crippen molar-refractivity contribution in [2.24, 2.45) is 0 Å².